The Morgan fingerprint density at radius 1 is 1.44 bits per heavy atom. The van der Waals surface area contributed by atoms with Crippen molar-refractivity contribution in [2.45, 2.75) is 18.2 Å². The van der Waals surface area contributed by atoms with Crippen LogP contribution in [0.25, 0.3) is 0 Å². The van der Waals surface area contributed by atoms with E-state index >= 15 is 0 Å². The summed E-state index contributed by atoms with van der Waals surface area (Å²) in [5.41, 5.74) is 5.66. The van der Waals surface area contributed by atoms with Gasteiger partial charge in [-0.15, -0.1) is 0 Å². The first-order valence-corrected chi connectivity index (χ1v) is 7.03. The SMILES string of the molecule is CCN(CCCO)S(=O)(=O)c1cc(N)ccc1F. The van der Waals surface area contributed by atoms with E-state index in [2.05, 4.69) is 0 Å². The summed E-state index contributed by atoms with van der Waals surface area (Å²) in [6.45, 7) is 1.88. The van der Waals surface area contributed by atoms with E-state index in [1.54, 1.807) is 6.92 Å². The first kappa shape index (κ1) is 14.9. The molecule has 1 aromatic rings. The predicted molar refractivity (Wildman–Crippen MR) is 66.9 cm³/mol. The molecule has 0 spiro atoms. The summed E-state index contributed by atoms with van der Waals surface area (Å²) in [6, 6.07) is 3.44. The normalized spacial score (nSPS) is 12.0. The van der Waals surface area contributed by atoms with E-state index in [1.165, 1.54) is 6.07 Å². The van der Waals surface area contributed by atoms with E-state index in [4.69, 9.17) is 10.8 Å². The van der Waals surface area contributed by atoms with Crippen LogP contribution in [0, 0.1) is 5.82 Å². The Hall–Kier alpha value is -1.18. The second kappa shape index (κ2) is 6.12. The van der Waals surface area contributed by atoms with E-state index in [1.807, 2.05) is 0 Å². The van der Waals surface area contributed by atoms with E-state index in [9.17, 15) is 12.8 Å². The van der Waals surface area contributed by atoms with Gasteiger partial charge < -0.3 is 10.8 Å². The zero-order valence-electron chi connectivity index (χ0n) is 10.1. The number of nitrogens with zero attached hydrogens (tertiary/aromatic N) is 1. The third-order valence-electron chi connectivity index (χ3n) is 2.49. The molecular formula is C11H17FN2O3S. The minimum absolute atomic E-state index is 0.120. The van der Waals surface area contributed by atoms with Gasteiger partial charge in [-0.2, -0.15) is 4.31 Å². The topological polar surface area (TPSA) is 83.6 Å². The van der Waals surface area contributed by atoms with Crippen LogP contribution in [0.4, 0.5) is 10.1 Å². The number of nitrogen functional groups attached to an aromatic ring is 1. The molecule has 0 aliphatic heterocycles. The maximum Gasteiger partial charge on any atom is 0.246 e. The van der Waals surface area contributed by atoms with Crippen LogP contribution in [0.1, 0.15) is 13.3 Å². The lowest BCUT2D eigenvalue weighted by Gasteiger charge is -2.20. The lowest BCUT2D eigenvalue weighted by atomic mass is 10.3. The number of aliphatic hydroxyl groups is 1. The second-order valence-electron chi connectivity index (χ2n) is 3.76. The number of nitrogens with two attached hydrogens (primary N) is 1. The molecule has 102 valence electrons. The first-order valence-electron chi connectivity index (χ1n) is 5.59. The Morgan fingerprint density at radius 2 is 2.11 bits per heavy atom. The number of halogens is 1. The van der Waals surface area contributed by atoms with Gasteiger partial charge in [0.1, 0.15) is 10.7 Å². The molecule has 0 aliphatic rings. The van der Waals surface area contributed by atoms with Crippen LogP contribution < -0.4 is 5.73 Å². The summed E-state index contributed by atoms with van der Waals surface area (Å²) in [6.07, 6.45) is 0.303. The molecular weight excluding hydrogens is 259 g/mol. The molecule has 0 aromatic heterocycles. The molecule has 5 nitrogen and oxygen atoms in total. The average Bonchev–Trinajstić information content (AvgIpc) is 2.33. The Balaban J connectivity index is 3.14. The van der Waals surface area contributed by atoms with Crippen LogP contribution in [-0.2, 0) is 10.0 Å². The van der Waals surface area contributed by atoms with Crippen molar-refractivity contribution in [3.05, 3.63) is 24.0 Å². The Labute approximate surface area is 106 Å². The van der Waals surface area contributed by atoms with Gasteiger partial charge in [0.15, 0.2) is 0 Å². The smallest absolute Gasteiger partial charge is 0.246 e. The Morgan fingerprint density at radius 3 is 2.67 bits per heavy atom. The fourth-order valence-electron chi connectivity index (χ4n) is 1.55. The molecule has 0 fully saturated rings. The van der Waals surface area contributed by atoms with Crippen molar-refractivity contribution in [3.8, 4) is 0 Å². The van der Waals surface area contributed by atoms with Crippen LogP contribution in [0.15, 0.2) is 23.1 Å². The molecule has 3 N–H and O–H groups in total. The summed E-state index contributed by atoms with van der Waals surface area (Å²) in [4.78, 5) is -0.428. The number of aliphatic hydroxyl groups excluding tert-OH is 1. The molecule has 1 aromatic carbocycles. The average molecular weight is 276 g/mol. The molecule has 0 atom stereocenters. The van der Waals surface area contributed by atoms with Gasteiger partial charge in [-0.1, -0.05) is 6.92 Å². The van der Waals surface area contributed by atoms with Crippen molar-refractivity contribution < 1.29 is 17.9 Å². The highest BCUT2D eigenvalue weighted by Crippen LogP contribution is 2.21. The maximum atomic E-state index is 13.6. The van der Waals surface area contributed by atoms with Crippen LogP contribution in [0.2, 0.25) is 0 Å². The highest BCUT2D eigenvalue weighted by molar-refractivity contribution is 7.89. The van der Waals surface area contributed by atoms with Gasteiger partial charge in [-0.25, -0.2) is 12.8 Å². The third kappa shape index (κ3) is 3.18. The van der Waals surface area contributed by atoms with Crippen molar-refractivity contribution >= 4 is 15.7 Å². The van der Waals surface area contributed by atoms with Gasteiger partial charge in [0.05, 0.1) is 0 Å². The van der Waals surface area contributed by atoms with Gasteiger partial charge in [-0.05, 0) is 24.6 Å². The van der Waals surface area contributed by atoms with E-state index < -0.39 is 20.7 Å². The third-order valence-corrected chi connectivity index (χ3v) is 4.48. The highest BCUT2D eigenvalue weighted by Gasteiger charge is 2.26. The van der Waals surface area contributed by atoms with Crippen LogP contribution in [0.3, 0.4) is 0 Å². The quantitative estimate of drug-likeness (QED) is 0.753. The summed E-state index contributed by atoms with van der Waals surface area (Å²) in [7, 11) is -3.91. The minimum Gasteiger partial charge on any atom is -0.399 e. The maximum absolute atomic E-state index is 13.6. The lowest BCUT2D eigenvalue weighted by molar-refractivity contribution is 0.271. The molecule has 0 heterocycles. The van der Waals surface area contributed by atoms with Crippen molar-refractivity contribution in [1.82, 2.24) is 4.31 Å². The number of hydrogen-bond donors (Lipinski definition) is 2. The molecule has 0 bridgehead atoms. The standard InChI is InChI=1S/C11H17FN2O3S/c1-2-14(6-3-7-15)18(16,17)11-8-9(13)4-5-10(11)12/h4-5,8,15H,2-3,6-7,13H2,1H3. The number of rotatable bonds is 6. The number of benzene rings is 1. The second-order valence-corrected chi connectivity index (χ2v) is 5.67. The lowest BCUT2D eigenvalue weighted by Crippen LogP contribution is -2.32. The van der Waals surface area contributed by atoms with Crippen molar-refractivity contribution in [2.24, 2.45) is 0 Å². The van der Waals surface area contributed by atoms with Crippen LogP contribution in [-0.4, -0.2) is 37.5 Å². The van der Waals surface area contributed by atoms with Gasteiger partial charge in [0.25, 0.3) is 0 Å². The fourth-order valence-corrected chi connectivity index (χ4v) is 3.14. The largest absolute Gasteiger partial charge is 0.399 e. The molecule has 0 aliphatic carbocycles. The summed E-state index contributed by atoms with van der Waals surface area (Å²) in [5.74, 6) is -0.827. The number of hydrogen-bond acceptors (Lipinski definition) is 4. The monoisotopic (exact) mass is 276 g/mol. The Kier molecular flexibility index (Phi) is 5.06. The molecule has 7 heteroatoms. The predicted octanol–water partition coefficient (Wildman–Crippen LogP) is 0.801. The van der Waals surface area contributed by atoms with E-state index in [0.717, 1.165) is 16.4 Å². The Bertz CT molecular complexity index is 505. The van der Waals surface area contributed by atoms with Gasteiger partial charge >= 0.3 is 0 Å². The van der Waals surface area contributed by atoms with E-state index in [-0.39, 0.29) is 25.4 Å². The molecule has 18 heavy (non-hydrogen) atoms. The highest BCUT2D eigenvalue weighted by atomic mass is 32.2. The van der Waals surface area contributed by atoms with Crippen molar-refractivity contribution in [3.63, 3.8) is 0 Å². The van der Waals surface area contributed by atoms with Gasteiger partial charge in [0, 0.05) is 25.4 Å². The zero-order chi connectivity index (χ0) is 13.8. The number of anilines is 1. The zero-order valence-corrected chi connectivity index (χ0v) is 11.0. The number of sulfonamides is 1. The molecule has 0 unspecified atom stereocenters. The fraction of sp³-hybridized carbons (Fsp3) is 0.455. The molecule has 0 amide bonds. The van der Waals surface area contributed by atoms with Crippen molar-refractivity contribution in [2.75, 3.05) is 25.4 Å². The van der Waals surface area contributed by atoms with Gasteiger partial charge in [0.2, 0.25) is 10.0 Å². The minimum atomic E-state index is -3.91. The summed E-state index contributed by atoms with van der Waals surface area (Å²) in [5, 5.41) is 8.73. The van der Waals surface area contributed by atoms with Crippen LogP contribution in [0.5, 0.6) is 0 Å². The molecule has 1 rings (SSSR count). The molecule has 0 radical (unpaired) electrons. The molecule has 0 saturated carbocycles. The van der Waals surface area contributed by atoms with Gasteiger partial charge in [-0.3, -0.25) is 0 Å². The van der Waals surface area contributed by atoms with Crippen molar-refractivity contribution in [1.29, 1.82) is 0 Å². The van der Waals surface area contributed by atoms with Crippen LogP contribution >= 0.6 is 0 Å². The van der Waals surface area contributed by atoms with E-state index in [0.29, 0.717) is 6.42 Å². The summed E-state index contributed by atoms with van der Waals surface area (Å²) < 4.78 is 39.1. The first-order chi connectivity index (χ1) is 8.43. The summed E-state index contributed by atoms with van der Waals surface area (Å²) >= 11 is 0. The molecule has 0 saturated heterocycles.